The van der Waals surface area contributed by atoms with Gasteiger partial charge in [0.2, 0.25) is 0 Å². The molecule has 176 valence electrons. The Morgan fingerprint density at radius 1 is 0.600 bits per heavy atom. The number of unbranched alkanes of at least 4 members (excludes halogenated alkanes) is 16. The van der Waals surface area contributed by atoms with Gasteiger partial charge in [-0.2, -0.15) is 0 Å². The molecule has 0 rings (SSSR count). The van der Waals surface area contributed by atoms with Crippen LogP contribution in [0, 0.1) is 0 Å². The fourth-order valence-corrected chi connectivity index (χ4v) is 5.01. The Morgan fingerprint density at radius 2 is 0.900 bits per heavy atom. The predicted molar refractivity (Wildman–Crippen MR) is 123 cm³/mol. The van der Waals surface area contributed by atoms with Crippen LogP contribution in [0.25, 0.3) is 0 Å². The molecule has 0 fully saturated rings. The molecule has 0 heterocycles. The first-order chi connectivity index (χ1) is 13.9. The SMILES string of the molecule is CCCCCCCCCCCCCCCC(O)C(CCCCCCC)S(=O)(=O)[O-].[K+]. The standard InChI is InChI=1S/C24H50O4S.K/c1-3-5-7-9-10-11-12-13-14-15-16-18-19-21-23(25)24(29(26,27)28)22-20-17-8-6-4-2;/h23-25H,3-22H2,1-2H3,(H,26,27,28);/q;+1/p-1. The maximum atomic E-state index is 11.5. The van der Waals surface area contributed by atoms with E-state index in [2.05, 4.69) is 13.8 Å². The average Bonchev–Trinajstić information content (AvgIpc) is 2.67. The van der Waals surface area contributed by atoms with E-state index >= 15 is 0 Å². The largest absolute Gasteiger partial charge is 1.00 e. The van der Waals surface area contributed by atoms with E-state index in [1.165, 1.54) is 64.2 Å². The Kier molecular flexibility index (Phi) is 26.6. The molecule has 0 saturated heterocycles. The summed E-state index contributed by atoms with van der Waals surface area (Å²) in [6.45, 7) is 4.38. The quantitative estimate of drug-likeness (QED) is 0.146. The third-order valence-electron chi connectivity index (χ3n) is 6.00. The second kappa shape index (κ2) is 23.7. The van der Waals surface area contributed by atoms with E-state index in [1.807, 2.05) is 0 Å². The van der Waals surface area contributed by atoms with Gasteiger partial charge in [0.1, 0.15) is 10.1 Å². The second-order valence-corrected chi connectivity index (χ2v) is 10.4. The number of rotatable bonds is 22. The minimum absolute atomic E-state index is 0. The molecule has 0 saturated carbocycles. The van der Waals surface area contributed by atoms with Crippen molar-refractivity contribution < 1.29 is 69.5 Å². The van der Waals surface area contributed by atoms with Gasteiger partial charge in [-0.25, -0.2) is 8.42 Å². The van der Waals surface area contributed by atoms with Crippen LogP contribution in [0.2, 0.25) is 0 Å². The van der Waals surface area contributed by atoms with E-state index in [4.69, 9.17) is 0 Å². The molecule has 0 aliphatic carbocycles. The average molecular weight is 473 g/mol. The van der Waals surface area contributed by atoms with Crippen LogP contribution < -0.4 is 51.4 Å². The zero-order valence-corrected chi connectivity index (χ0v) is 24.3. The monoisotopic (exact) mass is 472 g/mol. The molecule has 0 spiro atoms. The molecule has 0 aromatic carbocycles. The molecule has 0 radical (unpaired) electrons. The van der Waals surface area contributed by atoms with Crippen LogP contribution in [0.1, 0.15) is 142 Å². The first kappa shape index (κ1) is 33.7. The van der Waals surface area contributed by atoms with Crippen LogP contribution in [0.3, 0.4) is 0 Å². The number of hydrogen-bond donors (Lipinski definition) is 1. The minimum atomic E-state index is -4.42. The first-order valence-electron chi connectivity index (χ1n) is 12.6. The van der Waals surface area contributed by atoms with Crippen LogP contribution in [-0.2, 0) is 10.1 Å². The van der Waals surface area contributed by atoms with Crippen molar-refractivity contribution in [2.75, 3.05) is 0 Å². The normalized spacial score (nSPS) is 13.7. The maximum absolute atomic E-state index is 11.5. The predicted octanol–water partition coefficient (Wildman–Crippen LogP) is 4.11. The summed E-state index contributed by atoms with van der Waals surface area (Å²) >= 11 is 0. The fraction of sp³-hybridized carbons (Fsp3) is 1.00. The van der Waals surface area contributed by atoms with Crippen molar-refractivity contribution in [3.05, 3.63) is 0 Å². The summed E-state index contributed by atoms with van der Waals surface area (Å²) in [7, 11) is -4.42. The van der Waals surface area contributed by atoms with Gasteiger partial charge in [-0.3, -0.25) is 0 Å². The van der Waals surface area contributed by atoms with E-state index in [0.717, 1.165) is 44.9 Å². The smallest absolute Gasteiger partial charge is 0.748 e. The first-order valence-corrected chi connectivity index (χ1v) is 14.0. The van der Waals surface area contributed by atoms with E-state index in [1.54, 1.807) is 0 Å². The number of aliphatic hydroxyl groups is 1. The number of hydrogen-bond acceptors (Lipinski definition) is 4. The van der Waals surface area contributed by atoms with Gasteiger partial charge in [0.05, 0.1) is 11.4 Å². The summed E-state index contributed by atoms with van der Waals surface area (Å²) in [6, 6.07) is 0. The summed E-state index contributed by atoms with van der Waals surface area (Å²) in [5.41, 5.74) is 0. The van der Waals surface area contributed by atoms with Gasteiger partial charge in [0, 0.05) is 0 Å². The summed E-state index contributed by atoms with van der Waals surface area (Å²) in [6.07, 6.45) is 21.0. The van der Waals surface area contributed by atoms with Crippen molar-refractivity contribution >= 4 is 10.1 Å². The van der Waals surface area contributed by atoms with Crippen LogP contribution in [0.4, 0.5) is 0 Å². The zero-order valence-electron chi connectivity index (χ0n) is 20.4. The molecular weight excluding hydrogens is 423 g/mol. The molecule has 4 nitrogen and oxygen atoms in total. The Morgan fingerprint density at radius 3 is 1.23 bits per heavy atom. The van der Waals surface area contributed by atoms with Crippen molar-refractivity contribution in [1.82, 2.24) is 0 Å². The molecule has 0 bridgehead atoms. The van der Waals surface area contributed by atoms with Crippen molar-refractivity contribution in [3.8, 4) is 0 Å². The zero-order chi connectivity index (χ0) is 21.8. The Bertz CT molecular complexity index is 442. The summed E-state index contributed by atoms with van der Waals surface area (Å²) in [5.74, 6) is 0. The molecule has 0 aromatic rings. The Labute approximate surface area is 230 Å². The molecule has 2 unspecified atom stereocenters. The minimum Gasteiger partial charge on any atom is -0.748 e. The van der Waals surface area contributed by atoms with Gasteiger partial charge >= 0.3 is 51.4 Å². The molecule has 0 aromatic heterocycles. The molecule has 0 amide bonds. The Hall–Kier alpha value is 1.51. The van der Waals surface area contributed by atoms with Crippen molar-refractivity contribution in [1.29, 1.82) is 0 Å². The summed E-state index contributed by atoms with van der Waals surface area (Å²) < 4.78 is 34.5. The fourth-order valence-electron chi connectivity index (χ4n) is 4.04. The molecule has 0 aliphatic heterocycles. The summed E-state index contributed by atoms with van der Waals surface area (Å²) in [4.78, 5) is 0. The maximum Gasteiger partial charge on any atom is 1.00 e. The van der Waals surface area contributed by atoms with Crippen molar-refractivity contribution in [2.24, 2.45) is 0 Å². The molecule has 30 heavy (non-hydrogen) atoms. The van der Waals surface area contributed by atoms with E-state index in [0.29, 0.717) is 19.3 Å². The van der Waals surface area contributed by atoms with E-state index < -0.39 is 21.5 Å². The third kappa shape index (κ3) is 21.4. The third-order valence-corrected chi connectivity index (χ3v) is 7.29. The van der Waals surface area contributed by atoms with Gasteiger partial charge in [-0.05, 0) is 12.8 Å². The van der Waals surface area contributed by atoms with E-state index in [-0.39, 0.29) is 51.4 Å². The topological polar surface area (TPSA) is 77.4 Å². The van der Waals surface area contributed by atoms with E-state index in [9.17, 15) is 18.1 Å². The molecule has 1 N–H and O–H groups in total. The number of aliphatic hydroxyl groups excluding tert-OH is 1. The van der Waals surface area contributed by atoms with Crippen molar-refractivity contribution in [2.45, 2.75) is 154 Å². The molecule has 6 heteroatoms. The van der Waals surface area contributed by atoms with Crippen LogP contribution in [0.15, 0.2) is 0 Å². The van der Waals surface area contributed by atoms with Crippen molar-refractivity contribution in [3.63, 3.8) is 0 Å². The van der Waals surface area contributed by atoms with Gasteiger partial charge in [0.25, 0.3) is 0 Å². The van der Waals surface area contributed by atoms with Gasteiger partial charge < -0.3 is 9.66 Å². The molecule has 2 atom stereocenters. The van der Waals surface area contributed by atoms with Gasteiger partial charge in [-0.1, -0.05) is 129 Å². The van der Waals surface area contributed by atoms with Gasteiger partial charge in [0.15, 0.2) is 0 Å². The summed E-state index contributed by atoms with van der Waals surface area (Å²) in [5, 5.41) is 9.12. The second-order valence-electron chi connectivity index (χ2n) is 8.83. The molecular formula is C24H49KO4S. The van der Waals surface area contributed by atoms with Crippen LogP contribution >= 0.6 is 0 Å². The Balaban J connectivity index is 0. The van der Waals surface area contributed by atoms with Gasteiger partial charge in [-0.15, -0.1) is 0 Å². The van der Waals surface area contributed by atoms with Crippen LogP contribution in [0.5, 0.6) is 0 Å². The molecule has 0 aliphatic rings. The van der Waals surface area contributed by atoms with Crippen LogP contribution in [-0.4, -0.2) is 29.4 Å².